The monoisotopic (exact) mass is 808 g/mol. The van der Waals surface area contributed by atoms with Gasteiger partial charge in [0.05, 0.1) is 16.5 Å². The number of rotatable bonds is 12. The maximum absolute atomic E-state index is 12.3. The van der Waals surface area contributed by atoms with Gasteiger partial charge in [-0.25, -0.2) is 9.29 Å². The first-order chi connectivity index (χ1) is 28.1. The molecule has 0 radical (unpaired) electrons. The average molecular weight is 809 g/mol. The number of anilines is 3. The topological polar surface area (TPSA) is 170 Å². The smallest absolute Gasteiger partial charge is 0.236 e. The quantitative estimate of drug-likeness (QED) is 0.0677. The molecule has 9 rings (SSSR count). The van der Waals surface area contributed by atoms with Crippen molar-refractivity contribution in [1.29, 1.82) is 0 Å². The summed E-state index contributed by atoms with van der Waals surface area (Å²) in [6.07, 6.45) is 13.1. The Balaban J connectivity index is 0.000000608. The number of carbonyl (C=O) groups is 3. The molecular formula is C43H56N10O4S. The number of fused-ring (bicyclic) bond motifs is 3. The van der Waals surface area contributed by atoms with Gasteiger partial charge in [-0.2, -0.15) is 10.1 Å². The van der Waals surface area contributed by atoms with Crippen LogP contribution in [0.25, 0.3) is 10.9 Å². The average Bonchev–Trinajstić information content (AvgIpc) is 3.74. The third-order valence-electron chi connectivity index (χ3n) is 12.5. The SMILES string of the molecule is CC1(O)CCCC1.Cn1nc(NC(=O)CCNC=O)c2ccc(C3CCN(Cc4cccc(SN5CCC(Nc6ncc7c(n6)NC(=O)C76CC6)CC5)c4)CC3)cc21. The van der Waals surface area contributed by atoms with Gasteiger partial charge in [-0.05, 0) is 125 Å². The van der Waals surface area contributed by atoms with E-state index in [1.54, 1.807) is 0 Å². The second-order valence-electron chi connectivity index (χ2n) is 17.0. The fourth-order valence-corrected chi connectivity index (χ4v) is 9.91. The van der Waals surface area contributed by atoms with Crippen molar-refractivity contribution in [2.45, 2.75) is 112 Å². The van der Waals surface area contributed by atoms with Crippen LogP contribution in [0, 0.1) is 0 Å². The standard InChI is InChI=1S/C37H44N10O3S.C6H12O/c1-45-31-20-26(5-6-29(31)33(44-45)41-32(49)7-14-38-23-48)25-8-15-46(16-9-25)22-24-3-2-4-28(19-24)51-47-17-10-27(11-18-47)40-36-39-21-30-34(43-36)42-35(50)37(30)12-13-37;1-6(7)4-2-3-5-6/h2-6,19-21,23,25,27H,7-18,22H2,1H3,(H,38,48)(H,41,44,49)(H2,39,40,42,43,50);7H,2-5H2,1H3. The van der Waals surface area contributed by atoms with Crippen LogP contribution < -0.4 is 21.3 Å². The number of aliphatic hydroxyl groups is 1. The molecule has 4 aromatic rings. The number of piperidine rings is 2. The molecule has 308 valence electrons. The van der Waals surface area contributed by atoms with Crippen LogP contribution >= 0.6 is 11.9 Å². The zero-order chi connectivity index (χ0) is 40.3. The number of amides is 3. The first-order valence-electron chi connectivity index (χ1n) is 20.9. The number of aromatic nitrogens is 4. The zero-order valence-corrected chi connectivity index (χ0v) is 34.5. The number of carbonyl (C=O) groups excluding carboxylic acids is 3. The van der Waals surface area contributed by atoms with E-state index in [0.717, 1.165) is 101 Å². The van der Waals surface area contributed by atoms with Crippen molar-refractivity contribution in [2.24, 2.45) is 7.05 Å². The predicted octanol–water partition coefficient (Wildman–Crippen LogP) is 5.70. The van der Waals surface area contributed by atoms with Crippen molar-refractivity contribution in [3.8, 4) is 0 Å². The molecule has 5 N–H and O–H groups in total. The van der Waals surface area contributed by atoms with Gasteiger partial charge in [0, 0.05) is 67.7 Å². The summed E-state index contributed by atoms with van der Waals surface area (Å²) in [7, 11) is 1.90. The molecular weight excluding hydrogens is 753 g/mol. The summed E-state index contributed by atoms with van der Waals surface area (Å²) in [6, 6.07) is 15.7. The molecule has 14 nitrogen and oxygen atoms in total. The largest absolute Gasteiger partial charge is 0.390 e. The fraction of sp³-hybridized carbons (Fsp3) is 0.535. The van der Waals surface area contributed by atoms with E-state index in [-0.39, 0.29) is 29.3 Å². The van der Waals surface area contributed by atoms with E-state index in [9.17, 15) is 19.5 Å². The third kappa shape index (κ3) is 9.33. The molecule has 15 heteroatoms. The number of likely N-dealkylation sites (tertiary alicyclic amines) is 1. The van der Waals surface area contributed by atoms with E-state index < -0.39 is 0 Å². The Hall–Kier alpha value is -4.57. The van der Waals surface area contributed by atoms with Gasteiger partial charge >= 0.3 is 0 Å². The van der Waals surface area contributed by atoms with E-state index in [0.29, 0.717) is 42.5 Å². The molecule has 0 bridgehead atoms. The van der Waals surface area contributed by atoms with Crippen molar-refractivity contribution in [3.05, 3.63) is 65.4 Å². The first-order valence-corrected chi connectivity index (χ1v) is 21.7. The summed E-state index contributed by atoms with van der Waals surface area (Å²) in [5.41, 5.74) is 3.96. The molecule has 2 aromatic carbocycles. The Morgan fingerprint density at radius 2 is 1.81 bits per heavy atom. The number of nitrogens with zero attached hydrogens (tertiary/aromatic N) is 6. The van der Waals surface area contributed by atoms with Crippen molar-refractivity contribution in [2.75, 3.05) is 48.7 Å². The minimum absolute atomic E-state index is 0.0715. The summed E-state index contributed by atoms with van der Waals surface area (Å²) < 4.78 is 4.28. The molecule has 3 aliphatic heterocycles. The Kier molecular flexibility index (Phi) is 12.0. The van der Waals surface area contributed by atoms with Gasteiger partial charge in [0.25, 0.3) is 0 Å². The predicted molar refractivity (Wildman–Crippen MR) is 226 cm³/mol. The second kappa shape index (κ2) is 17.3. The van der Waals surface area contributed by atoms with Crippen LogP contribution in [0.2, 0.25) is 0 Å². The van der Waals surface area contributed by atoms with Gasteiger partial charge in [0.2, 0.25) is 24.2 Å². The summed E-state index contributed by atoms with van der Waals surface area (Å²) >= 11 is 1.84. The molecule has 5 heterocycles. The normalized spacial score (nSPS) is 20.3. The molecule has 2 saturated heterocycles. The number of hydrogen-bond donors (Lipinski definition) is 5. The Labute approximate surface area is 344 Å². The number of nitrogens with one attached hydrogen (secondary N) is 4. The minimum atomic E-state index is -0.351. The van der Waals surface area contributed by atoms with Crippen LogP contribution in [0.5, 0.6) is 0 Å². The van der Waals surface area contributed by atoms with Crippen molar-refractivity contribution in [3.63, 3.8) is 0 Å². The van der Waals surface area contributed by atoms with Crippen molar-refractivity contribution >= 4 is 58.7 Å². The summed E-state index contributed by atoms with van der Waals surface area (Å²) in [5, 5.41) is 26.5. The van der Waals surface area contributed by atoms with Crippen LogP contribution in [-0.4, -0.2) is 96.7 Å². The van der Waals surface area contributed by atoms with Crippen LogP contribution in [0.15, 0.2) is 53.6 Å². The van der Waals surface area contributed by atoms with Gasteiger partial charge in [0.1, 0.15) is 5.82 Å². The van der Waals surface area contributed by atoms with Crippen LogP contribution in [-0.2, 0) is 33.4 Å². The molecule has 5 aliphatic rings. The lowest BCUT2D eigenvalue weighted by Crippen LogP contribution is -2.36. The van der Waals surface area contributed by atoms with Crippen LogP contribution in [0.1, 0.15) is 100 Å². The molecule has 0 unspecified atom stereocenters. The van der Waals surface area contributed by atoms with Gasteiger partial charge in [-0.1, -0.05) is 31.0 Å². The van der Waals surface area contributed by atoms with Crippen LogP contribution in [0.3, 0.4) is 0 Å². The van der Waals surface area contributed by atoms with Gasteiger partial charge in [0.15, 0.2) is 5.82 Å². The maximum Gasteiger partial charge on any atom is 0.236 e. The summed E-state index contributed by atoms with van der Waals surface area (Å²) in [4.78, 5) is 48.1. The summed E-state index contributed by atoms with van der Waals surface area (Å²) in [5.74, 6) is 2.21. The highest BCUT2D eigenvalue weighted by molar-refractivity contribution is 7.97. The molecule has 2 saturated carbocycles. The highest BCUT2D eigenvalue weighted by Gasteiger charge is 2.57. The third-order valence-corrected chi connectivity index (χ3v) is 13.6. The molecule has 2 aromatic heterocycles. The van der Waals surface area contributed by atoms with E-state index in [1.807, 2.05) is 36.8 Å². The zero-order valence-electron chi connectivity index (χ0n) is 33.6. The minimum Gasteiger partial charge on any atom is -0.390 e. The molecule has 1 spiro atoms. The van der Waals surface area contributed by atoms with E-state index in [4.69, 9.17) is 0 Å². The lowest BCUT2D eigenvalue weighted by molar-refractivity contribution is -0.118. The Bertz CT molecular complexity index is 2110. The van der Waals surface area contributed by atoms with Crippen LogP contribution in [0.4, 0.5) is 17.6 Å². The fourth-order valence-electron chi connectivity index (χ4n) is 8.87. The van der Waals surface area contributed by atoms with Gasteiger partial charge in [-0.3, -0.25) is 24.0 Å². The summed E-state index contributed by atoms with van der Waals surface area (Å²) in [6.45, 7) is 7.20. The molecule has 0 atom stereocenters. The molecule has 3 amide bonds. The molecule has 2 aliphatic carbocycles. The maximum atomic E-state index is 12.3. The van der Waals surface area contributed by atoms with E-state index >= 15 is 0 Å². The van der Waals surface area contributed by atoms with E-state index in [2.05, 4.69) is 88.0 Å². The molecule has 58 heavy (non-hydrogen) atoms. The lowest BCUT2D eigenvalue weighted by Gasteiger charge is -2.33. The number of aryl methyl sites for hydroxylation is 1. The highest BCUT2D eigenvalue weighted by Crippen LogP contribution is 2.54. The Morgan fingerprint density at radius 1 is 1.03 bits per heavy atom. The Morgan fingerprint density at radius 3 is 2.52 bits per heavy atom. The molecule has 4 fully saturated rings. The first kappa shape index (κ1) is 40.2. The second-order valence-corrected chi connectivity index (χ2v) is 18.1. The lowest BCUT2D eigenvalue weighted by atomic mass is 9.89. The number of hydrogen-bond acceptors (Lipinski definition) is 11. The van der Waals surface area contributed by atoms with E-state index in [1.165, 1.54) is 28.9 Å². The van der Waals surface area contributed by atoms with Crippen molar-refractivity contribution in [1.82, 2.24) is 34.3 Å². The number of benzene rings is 2. The highest BCUT2D eigenvalue weighted by atomic mass is 32.2. The van der Waals surface area contributed by atoms with Crippen molar-refractivity contribution < 1.29 is 19.5 Å². The van der Waals surface area contributed by atoms with Gasteiger partial charge in [-0.15, -0.1) is 0 Å². The van der Waals surface area contributed by atoms with Gasteiger partial charge < -0.3 is 26.4 Å².